The maximum Gasteiger partial charge on any atom is 0.0249 e. The first-order chi connectivity index (χ1) is 6.84. The van der Waals surface area contributed by atoms with Crippen LogP contribution in [0.2, 0.25) is 0 Å². The molecule has 0 bridgehead atoms. The summed E-state index contributed by atoms with van der Waals surface area (Å²) in [5, 5.41) is 3.65. The van der Waals surface area contributed by atoms with Gasteiger partial charge in [-0.05, 0) is 38.1 Å². The largest absolute Gasteiger partial charge is 0.314 e. The van der Waals surface area contributed by atoms with E-state index in [1.54, 1.807) is 0 Å². The summed E-state index contributed by atoms with van der Waals surface area (Å²) >= 11 is 0. The van der Waals surface area contributed by atoms with Crippen molar-refractivity contribution in [3.8, 4) is 0 Å². The number of hydrogen-bond donors (Lipinski definition) is 1. The Kier molecular flexibility index (Phi) is 3.99. The summed E-state index contributed by atoms with van der Waals surface area (Å²) in [4.78, 5) is 0. The van der Waals surface area contributed by atoms with E-state index >= 15 is 0 Å². The maximum absolute atomic E-state index is 11.2. The van der Waals surface area contributed by atoms with E-state index in [-0.39, 0.29) is 0 Å². The van der Waals surface area contributed by atoms with Gasteiger partial charge in [0.2, 0.25) is 0 Å². The fourth-order valence-electron chi connectivity index (χ4n) is 2.55. The molecule has 3 heteroatoms. The highest BCUT2D eigenvalue weighted by atomic mass is 32.2. The monoisotopic (exact) mass is 215 g/mol. The molecule has 0 amide bonds. The summed E-state index contributed by atoms with van der Waals surface area (Å²) < 4.78 is 11.2. The molecule has 0 aromatic heterocycles. The zero-order chi connectivity index (χ0) is 9.80. The maximum atomic E-state index is 11.2. The lowest BCUT2D eigenvalue weighted by Gasteiger charge is -2.24. The van der Waals surface area contributed by atoms with Crippen molar-refractivity contribution in [2.24, 2.45) is 5.92 Å². The van der Waals surface area contributed by atoms with Crippen LogP contribution in [0.1, 0.15) is 38.5 Å². The van der Waals surface area contributed by atoms with Crippen LogP contribution in [0.3, 0.4) is 0 Å². The van der Waals surface area contributed by atoms with Crippen LogP contribution in [0.5, 0.6) is 0 Å². The van der Waals surface area contributed by atoms with Gasteiger partial charge in [-0.1, -0.05) is 12.8 Å². The number of nitrogens with one attached hydrogen (secondary N) is 1. The number of hydrogen-bond acceptors (Lipinski definition) is 2. The van der Waals surface area contributed by atoms with E-state index in [4.69, 9.17) is 0 Å². The highest BCUT2D eigenvalue weighted by Crippen LogP contribution is 2.24. The Labute approximate surface area is 89.3 Å². The lowest BCUT2D eigenvalue weighted by molar-refractivity contribution is 0.412. The standard InChI is InChI=1S/C11H21NOS/c13-14-7-5-11(6-8-14)12-9-10-3-1-2-4-10/h10-12H,1-9H2. The molecule has 2 nitrogen and oxygen atoms in total. The molecule has 0 aromatic carbocycles. The summed E-state index contributed by atoms with van der Waals surface area (Å²) in [6, 6.07) is 0.660. The van der Waals surface area contributed by atoms with Crippen molar-refractivity contribution in [1.29, 1.82) is 0 Å². The SMILES string of the molecule is O=S1CCC(NCC2CCCC2)CC1. The Bertz CT molecular complexity index is 191. The summed E-state index contributed by atoms with van der Waals surface area (Å²) in [6.45, 7) is 1.21. The second-order valence-corrected chi connectivity index (χ2v) is 6.38. The molecule has 1 heterocycles. The van der Waals surface area contributed by atoms with Crippen molar-refractivity contribution in [2.75, 3.05) is 18.1 Å². The molecule has 82 valence electrons. The van der Waals surface area contributed by atoms with Crippen LogP contribution in [0, 0.1) is 5.92 Å². The molecule has 2 aliphatic rings. The van der Waals surface area contributed by atoms with Gasteiger partial charge in [-0.3, -0.25) is 4.21 Å². The Morgan fingerprint density at radius 2 is 1.71 bits per heavy atom. The summed E-state index contributed by atoms with van der Waals surface area (Å²) in [7, 11) is -0.506. The molecule has 0 spiro atoms. The van der Waals surface area contributed by atoms with E-state index in [1.165, 1.54) is 32.2 Å². The molecular weight excluding hydrogens is 194 g/mol. The minimum atomic E-state index is -0.506. The first-order valence-corrected chi connectivity index (χ1v) is 7.42. The Morgan fingerprint density at radius 1 is 1.07 bits per heavy atom. The Balaban J connectivity index is 1.63. The first-order valence-electron chi connectivity index (χ1n) is 5.93. The van der Waals surface area contributed by atoms with Crippen LogP contribution in [0.15, 0.2) is 0 Å². The highest BCUT2D eigenvalue weighted by Gasteiger charge is 2.20. The molecule has 14 heavy (non-hydrogen) atoms. The summed E-state index contributed by atoms with van der Waals surface area (Å²) in [5.41, 5.74) is 0. The normalized spacial score (nSPS) is 34.9. The molecule has 1 saturated heterocycles. The van der Waals surface area contributed by atoms with E-state index in [0.717, 1.165) is 30.3 Å². The van der Waals surface area contributed by atoms with Crippen molar-refractivity contribution < 1.29 is 4.21 Å². The first kappa shape index (κ1) is 10.6. The van der Waals surface area contributed by atoms with Gasteiger partial charge in [-0.15, -0.1) is 0 Å². The van der Waals surface area contributed by atoms with Gasteiger partial charge in [0.15, 0.2) is 0 Å². The van der Waals surface area contributed by atoms with Crippen LogP contribution >= 0.6 is 0 Å². The van der Waals surface area contributed by atoms with Crippen LogP contribution in [0.25, 0.3) is 0 Å². The molecule has 1 aliphatic heterocycles. The van der Waals surface area contributed by atoms with Crippen LogP contribution in [-0.4, -0.2) is 28.3 Å². The average molecular weight is 215 g/mol. The molecule has 0 unspecified atom stereocenters. The quantitative estimate of drug-likeness (QED) is 0.776. The van der Waals surface area contributed by atoms with Gasteiger partial charge in [0.1, 0.15) is 0 Å². The van der Waals surface area contributed by atoms with E-state index in [0.29, 0.717) is 6.04 Å². The topological polar surface area (TPSA) is 29.1 Å². The molecule has 2 fully saturated rings. The van der Waals surface area contributed by atoms with Crippen molar-refractivity contribution in [3.63, 3.8) is 0 Å². The van der Waals surface area contributed by atoms with Crippen LogP contribution < -0.4 is 5.32 Å². The van der Waals surface area contributed by atoms with Crippen molar-refractivity contribution in [3.05, 3.63) is 0 Å². The molecule has 2 rings (SSSR count). The van der Waals surface area contributed by atoms with Crippen molar-refractivity contribution in [1.82, 2.24) is 5.32 Å². The lowest BCUT2D eigenvalue weighted by Crippen LogP contribution is -2.38. The number of rotatable bonds is 3. The minimum absolute atomic E-state index is 0.506. The average Bonchev–Trinajstić information content (AvgIpc) is 2.70. The van der Waals surface area contributed by atoms with E-state index in [2.05, 4.69) is 5.32 Å². The lowest BCUT2D eigenvalue weighted by atomic mass is 10.1. The third kappa shape index (κ3) is 3.06. The Morgan fingerprint density at radius 3 is 2.36 bits per heavy atom. The van der Waals surface area contributed by atoms with Crippen LogP contribution in [-0.2, 0) is 10.8 Å². The molecule has 0 atom stereocenters. The third-order valence-electron chi connectivity index (χ3n) is 3.56. The van der Waals surface area contributed by atoms with E-state index in [9.17, 15) is 4.21 Å². The van der Waals surface area contributed by atoms with E-state index in [1.807, 2.05) is 0 Å². The smallest absolute Gasteiger partial charge is 0.0249 e. The fourth-order valence-corrected chi connectivity index (χ4v) is 3.84. The van der Waals surface area contributed by atoms with Gasteiger partial charge >= 0.3 is 0 Å². The van der Waals surface area contributed by atoms with Gasteiger partial charge < -0.3 is 5.32 Å². The molecular formula is C11H21NOS. The zero-order valence-corrected chi connectivity index (χ0v) is 9.65. The highest BCUT2D eigenvalue weighted by molar-refractivity contribution is 7.85. The van der Waals surface area contributed by atoms with Gasteiger partial charge in [0, 0.05) is 28.3 Å². The summed E-state index contributed by atoms with van der Waals surface area (Å²) in [5.74, 6) is 2.77. The minimum Gasteiger partial charge on any atom is -0.314 e. The third-order valence-corrected chi connectivity index (χ3v) is 4.94. The Hall–Kier alpha value is 0.110. The summed E-state index contributed by atoms with van der Waals surface area (Å²) in [6.07, 6.45) is 7.96. The fraction of sp³-hybridized carbons (Fsp3) is 1.00. The predicted molar refractivity (Wildman–Crippen MR) is 60.9 cm³/mol. The molecule has 0 aromatic rings. The van der Waals surface area contributed by atoms with Gasteiger partial charge in [-0.2, -0.15) is 0 Å². The van der Waals surface area contributed by atoms with E-state index < -0.39 is 10.8 Å². The molecule has 0 radical (unpaired) electrons. The predicted octanol–water partition coefficient (Wildman–Crippen LogP) is 1.68. The molecule has 1 saturated carbocycles. The van der Waals surface area contributed by atoms with Gasteiger partial charge in [-0.25, -0.2) is 0 Å². The zero-order valence-electron chi connectivity index (χ0n) is 8.84. The van der Waals surface area contributed by atoms with Gasteiger partial charge in [0.25, 0.3) is 0 Å². The van der Waals surface area contributed by atoms with Gasteiger partial charge in [0.05, 0.1) is 0 Å². The van der Waals surface area contributed by atoms with Crippen molar-refractivity contribution >= 4 is 10.8 Å². The van der Waals surface area contributed by atoms with Crippen molar-refractivity contribution in [2.45, 2.75) is 44.6 Å². The second kappa shape index (κ2) is 5.26. The van der Waals surface area contributed by atoms with Crippen LogP contribution in [0.4, 0.5) is 0 Å². The molecule has 1 N–H and O–H groups in total. The molecule has 1 aliphatic carbocycles. The second-order valence-electron chi connectivity index (χ2n) is 4.68.